The highest BCUT2D eigenvalue weighted by Crippen LogP contribution is 2.18. The summed E-state index contributed by atoms with van der Waals surface area (Å²) in [6, 6.07) is -0.912. The van der Waals surface area contributed by atoms with E-state index in [0.29, 0.717) is 25.4 Å². The van der Waals surface area contributed by atoms with Crippen LogP contribution < -0.4 is 5.32 Å². The highest BCUT2D eigenvalue weighted by Gasteiger charge is 2.30. The lowest BCUT2D eigenvalue weighted by Gasteiger charge is -2.27. The van der Waals surface area contributed by atoms with Crippen LogP contribution in [0.3, 0.4) is 0 Å². The number of nitrogens with zero attached hydrogens (tertiary/aromatic N) is 1. The van der Waals surface area contributed by atoms with E-state index < -0.39 is 12.0 Å². The molecule has 2 N–H and O–H groups in total. The number of likely N-dealkylation sites (tertiary alicyclic amines) is 1. The van der Waals surface area contributed by atoms with E-state index in [1.807, 2.05) is 0 Å². The summed E-state index contributed by atoms with van der Waals surface area (Å²) >= 11 is 0. The van der Waals surface area contributed by atoms with Gasteiger partial charge in [-0.3, -0.25) is 0 Å². The molecule has 2 saturated heterocycles. The molecule has 114 valence electrons. The molecule has 2 rings (SSSR count). The van der Waals surface area contributed by atoms with Crippen LogP contribution in [0.5, 0.6) is 0 Å². The molecule has 6 nitrogen and oxygen atoms in total. The number of rotatable bonds is 4. The number of carboxylic acids is 1. The second-order valence-corrected chi connectivity index (χ2v) is 5.65. The minimum atomic E-state index is -0.897. The maximum absolute atomic E-state index is 12.2. The number of ether oxygens (including phenoxy) is 1. The Hall–Kier alpha value is -1.30. The highest BCUT2D eigenvalue weighted by atomic mass is 16.5. The fourth-order valence-corrected chi connectivity index (χ4v) is 2.90. The molecule has 2 aliphatic rings. The van der Waals surface area contributed by atoms with E-state index in [0.717, 1.165) is 45.3 Å². The number of hydrogen-bond acceptors (Lipinski definition) is 3. The van der Waals surface area contributed by atoms with Crippen molar-refractivity contribution in [3.8, 4) is 0 Å². The Morgan fingerprint density at radius 3 is 2.80 bits per heavy atom. The third-order valence-electron chi connectivity index (χ3n) is 4.15. The zero-order chi connectivity index (χ0) is 14.4. The van der Waals surface area contributed by atoms with Crippen molar-refractivity contribution >= 4 is 12.0 Å². The number of nitrogens with one attached hydrogen (secondary N) is 1. The molecule has 2 heterocycles. The van der Waals surface area contributed by atoms with Crippen molar-refractivity contribution in [2.75, 3.05) is 26.3 Å². The second kappa shape index (κ2) is 7.47. The molecule has 6 heteroatoms. The Morgan fingerprint density at radius 1 is 1.25 bits per heavy atom. The number of amides is 2. The quantitative estimate of drug-likeness (QED) is 0.819. The van der Waals surface area contributed by atoms with Crippen molar-refractivity contribution in [3.05, 3.63) is 0 Å². The van der Waals surface area contributed by atoms with E-state index in [1.165, 1.54) is 4.90 Å². The van der Waals surface area contributed by atoms with E-state index >= 15 is 0 Å². The van der Waals surface area contributed by atoms with Crippen LogP contribution >= 0.6 is 0 Å². The van der Waals surface area contributed by atoms with E-state index in [-0.39, 0.29) is 6.03 Å². The molecule has 0 saturated carbocycles. The first-order valence-electron chi connectivity index (χ1n) is 7.53. The third kappa shape index (κ3) is 4.10. The average molecular weight is 284 g/mol. The van der Waals surface area contributed by atoms with E-state index in [9.17, 15) is 14.7 Å². The molecule has 0 aromatic heterocycles. The molecular formula is C14H24N2O4. The number of carbonyl (C=O) groups excluding carboxylic acids is 1. The first-order valence-corrected chi connectivity index (χ1v) is 7.53. The predicted octanol–water partition coefficient (Wildman–Crippen LogP) is 1.45. The van der Waals surface area contributed by atoms with E-state index in [2.05, 4.69) is 5.32 Å². The highest BCUT2D eigenvalue weighted by molar-refractivity contribution is 5.82. The maximum Gasteiger partial charge on any atom is 0.326 e. The summed E-state index contributed by atoms with van der Waals surface area (Å²) in [5.74, 6) is -0.374. The van der Waals surface area contributed by atoms with Crippen LogP contribution in [0, 0.1) is 5.92 Å². The molecular weight excluding hydrogens is 260 g/mol. The molecule has 0 aromatic rings. The zero-order valence-electron chi connectivity index (χ0n) is 11.8. The Balaban J connectivity index is 1.80. The fourth-order valence-electron chi connectivity index (χ4n) is 2.90. The number of urea groups is 1. The van der Waals surface area contributed by atoms with Gasteiger partial charge in [-0.1, -0.05) is 12.8 Å². The van der Waals surface area contributed by atoms with Crippen molar-refractivity contribution in [2.45, 2.75) is 44.6 Å². The summed E-state index contributed by atoms with van der Waals surface area (Å²) in [7, 11) is 0. The van der Waals surface area contributed by atoms with Gasteiger partial charge in [0.05, 0.1) is 0 Å². The van der Waals surface area contributed by atoms with Crippen molar-refractivity contribution < 1.29 is 19.4 Å². The van der Waals surface area contributed by atoms with Gasteiger partial charge in [-0.25, -0.2) is 9.59 Å². The Bertz CT molecular complexity index is 342. The second-order valence-electron chi connectivity index (χ2n) is 5.65. The largest absolute Gasteiger partial charge is 0.480 e. The first kappa shape index (κ1) is 15.1. The summed E-state index contributed by atoms with van der Waals surface area (Å²) in [4.78, 5) is 24.9. The Morgan fingerprint density at radius 2 is 2.10 bits per heavy atom. The number of carbonyl (C=O) groups is 2. The van der Waals surface area contributed by atoms with Gasteiger partial charge < -0.3 is 20.1 Å². The van der Waals surface area contributed by atoms with Crippen LogP contribution in [-0.4, -0.2) is 54.4 Å². The molecule has 0 aliphatic carbocycles. The molecule has 0 radical (unpaired) electrons. The van der Waals surface area contributed by atoms with Crippen molar-refractivity contribution in [1.29, 1.82) is 0 Å². The van der Waals surface area contributed by atoms with Crippen LogP contribution in [0.25, 0.3) is 0 Å². The number of carboxylic acid groups (broad SMARTS) is 1. The number of aliphatic carboxylic acids is 1. The fraction of sp³-hybridized carbons (Fsp3) is 0.857. The molecule has 2 amide bonds. The van der Waals surface area contributed by atoms with Crippen LogP contribution in [0.15, 0.2) is 0 Å². The van der Waals surface area contributed by atoms with Gasteiger partial charge in [0.2, 0.25) is 0 Å². The van der Waals surface area contributed by atoms with Gasteiger partial charge in [0.25, 0.3) is 0 Å². The third-order valence-corrected chi connectivity index (χ3v) is 4.15. The van der Waals surface area contributed by atoms with Crippen LogP contribution in [0.2, 0.25) is 0 Å². The average Bonchev–Trinajstić information content (AvgIpc) is 2.80. The summed E-state index contributed by atoms with van der Waals surface area (Å²) in [5, 5.41) is 12.1. The van der Waals surface area contributed by atoms with Gasteiger partial charge in [-0.15, -0.1) is 0 Å². The zero-order valence-corrected chi connectivity index (χ0v) is 11.8. The van der Waals surface area contributed by atoms with Crippen LogP contribution in [-0.2, 0) is 9.53 Å². The standard InChI is InChI=1S/C14H24N2O4/c17-13(18)12-4-2-1-3-8-16(12)14(19)15-7-5-11-6-9-20-10-11/h11-12H,1-10H2,(H,15,19)(H,17,18). The topological polar surface area (TPSA) is 78.9 Å². The van der Waals surface area contributed by atoms with Gasteiger partial charge in [0.15, 0.2) is 0 Å². The van der Waals surface area contributed by atoms with E-state index in [4.69, 9.17) is 4.74 Å². The van der Waals surface area contributed by atoms with Crippen LogP contribution in [0.4, 0.5) is 4.79 Å². The normalized spacial score (nSPS) is 27.1. The van der Waals surface area contributed by atoms with Gasteiger partial charge in [-0.2, -0.15) is 0 Å². The Labute approximate surface area is 119 Å². The summed E-state index contributed by atoms with van der Waals surface area (Å²) in [5.41, 5.74) is 0. The minimum absolute atomic E-state index is 0.238. The molecule has 20 heavy (non-hydrogen) atoms. The molecule has 2 unspecified atom stereocenters. The smallest absolute Gasteiger partial charge is 0.326 e. The minimum Gasteiger partial charge on any atom is -0.480 e. The van der Waals surface area contributed by atoms with Gasteiger partial charge in [-0.05, 0) is 31.6 Å². The maximum atomic E-state index is 12.2. The van der Waals surface area contributed by atoms with Crippen molar-refractivity contribution in [2.24, 2.45) is 5.92 Å². The van der Waals surface area contributed by atoms with Crippen molar-refractivity contribution in [1.82, 2.24) is 10.2 Å². The van der Waals surface area contributed by atoms with E-state index in [1.54, 1.807) is 0 Å². The SMILES string of the molecule is O=C(O)C1CCCCCN1C(=O)NCCC1CCOC1. The lowest BCUT2D eigenvalue weighted by atomic mass is 10.1. The molecule has 0 bridgehead atoms. The predicted molar refractivity (Wildman–Crippen MR) is 73.5 cm³/mol. The lowest BCUT2D eigenvalue weighted by molar-refractivity contribution is -0.142. The van der Waals surface area contributed by atoms with Gasteiger partial charge in [0.1, 0.15) is 6.04 Å². The van der Waals surface area contributed by atoms with Crippen LogP contribution in [0.1, 0.15) is 38.5 Å². The van der Waals surface area contributed by atoms with Gasteiger partial charge >= 0.3 is 12.0 Å². The Kier molecular flexibility index (Phi) is 5.64. The summed E-state index contributed by atoms with van der Waals surface area (Å²) in [6.07, 6.45) is 5.26. The lowest BCUT2D eigenvalue weighted by Crippen LogP contribution is -2.49. The monoisotopic (exact) mass is 284 g/mol. The molecule has 0 spiro atoms. The summed E-state index contributed by atoms with van der Waals surface area (Å²) in [6.45, 7) is 2.72. The molecule has 2 aliphatic heterocycles. The molecule has 0 aromatic carbocycles. The van der Waals surface area contributed by atoms with Gasteiger partial charge in [0, 0.05) is 26.3 Å². The molecule has 2 atom stereocenters. The summed E-state index contributed by atoms with van der Waals surface area (Å²) < 4.78 is 5.30. The molecule has 2 fully saturated rings. The van der Waals surface area contributed by atoms with Crippen molar-refractivity contribution in [3.63, 3.8) is 0 Å². The number of hydrogen-bond donors (Lipinski definition) is 2. The first-order chi connectivity index (χ1) is 9.68.